The van der Waals surface area contributed by atoms with Crippen LogP contribution in [0.5, 0.6) is 0 Å². The zero-order valence-corrected chi connectivity index (χ0v) is 14.2. The number of piperazine rings is 1. The summed E-state index contributed by atoms with van der Waals surface area (Å²) in [6.45, 7) is 10.7. The molecule has 1 heterocycles. The maximum absolute atomic E-state index is 12.1. The van der Waals surface area contributed by atoms with Crippen LogP contribution in [0.1, 0.15) is 37.3 Å². The topological polar surface area (TPSA) is 35.6 Å². The summed E-state index contributed by atoms with van der Waals surface area (Å²) < 4.78 is 0. The maximum Gasteiger partial charge on any atom is 0.317 e. The lowest BCUT2D eigenvalue weighted by molar-refractivity contribution is 0.194. The predicted octanol–water partition coefficient (Wildman–Crippen LogP) is 3.33. The van der Waals surface area contributed by atoms with Gasteiger partial charge < -0.3 is 15.1 Å². The van der Waals surface area contributed by atoms with Crippen LogP contribution < -0.4 is 10.2 Å². The molecule has 1 aliphatic rings. The molecule has 1 aromatic carbocycles. The van der Waals surface area contributed by atoms with Crippen LogP contribution in [0.15, 0.2) is 18.2 Å². The summed E-state index contributed by atoms with van der Waals surface area (Å²) in [5.41, 5.74) is 3.98. The molecule has 1 N–H and O–H groups in total. The van der Waals surface area contributed by atoms with E-state index in [1.54, 1.807) is 0 Å². The van der Waals surface area contributed by atoms with Gasteiger partial charge in [0.1, 0.15) is 0 Å². The number of aryl methyl sites for hydroxylation is 1. The van der Waals surface area contributed by atoms with Crippen LogP contribution in [-0.2, 0) is 0 Å². The van der Waals surface area contributed by atoms with E-state index in [-0.39, 0.29) is 6.03 Å². The molecule has 2 rings (SSSR count). The zero-order valence-electron chi connectivity index (χ0n) is 14.2. The highest BCUT2D eigenvalue weighted by molar-refractivity contribution is 5.74. The number of amides is 2. The van der Waals surface area contributed by atoms with Crippen molar-refractivity contribution in [3.05, 3.63) is 29.3 Å². The number of hydrogen-bond acceptors (Lipinski definition) is 2. The molecule has 0 radical (unpaired) electrons. The second-order valence-electron chi connectivity index (χ2n) is 6.13. The minimum Gasteiger partial charge on any atom is -0.368 e. The Morgan fingerprint density at radius 2 is 1.86 bits per heavy atom. The number of nitrogens with one attached hydrogen (secondary N) is 1. The number of rotatable bonds is 5. The first-order chi connectivity index (χ1) is 10.6. The van der Waals surface area contributed by atoms with Gasteiger partial charge in [0, 0.05) is 38.4 Å². The van der Waals surface area contributed by atoms with Crippen molar-refractivity contribution < 1.29 is 4.79 Å². The van der Waals surface area contributed by atoms with Gasteiger partial charge in [-0.1, -0.05) is 31.9 Å². The van der Waals surface area contributed by atoms with Crippen molar-refractivity contribution in [2.75, 3.05) is 37.6 Å². The number of anilines is 1. The molecule has 1 saturated heterocycles. The first kappa shape index (κ1) is 16.7. The Labute approximate surface area is 134 Å². The summed E-state index contributed by atoms with van der Waals surface area (Å²) in [6.07, 6.45) is 3.44. The summed E-state index contributed by atoms with van der Waals surface area (Å²) in [7, 11) is 0. The SMILES string of the molecule is CCCCCNC(=O)N1CCN(c2cccc(C)c2C)CC1. The quantitative estimate of drug-likeness (QED) is 0.847. The number of carbonyl (C=O) groups excluding carboxylic acids is 1. The van der Waals surface area contributed by atoms with E-state index in [0.717, 1.165) is 39.1 Å². The van der Waals surface area contributed by atoms with Crippen LogP contribution in [0.25, 0.3) is 0 Å². The monoisotopic (exact) mass is 303 g/mol. The summed E-state index contributed by atoms with van der Waals surface area (Å²) >= 11 is 0. The second-order valence-corrected chi connectivity index (χ2v) is 6.13. The number of unbranched alkanes of at least 4 members (excludes halogenated alkanes) is 2. The van der Waals surface area contributed by atoms with Crippen LogP contribution in [-0.4, -0.2) is 43.7 Å². The number of benzene rings is 1. The van der Waals surface area contributed by atoms with Gasteiger partial charge in [0.25, 0.3) is 0 Å². The normalized spacial score (nSPS) is 15.0. The zero-order chi connectivity index (χ0) is 15.9. The van der Waals surface area contributed by atoms with Crippen molar-refractivity contribution in [1.82, 2.24) is 10.2 Å². The average Bonchev–Trinajstić information content (AvgIpc) is 2.54. The molecule has 1 fully saturated rings. The lowest BCUT2D eigenvalue weighted by Gasteiger charge is -2.37. The van der Waals surface area contributed by atoms with Gasteiger partial charge in [-0.3, -0.25) is 0 Å². The van der Waals surface area contributed by atoms with Gasteiger partial charge in [0.15, 0.2) is 0 Å². The van der Waals surface area contributed by atoms with Crippen LogP contribution in [0.2, 0.25) is 0 Å². The van der Waals surface area contributed by atoms with E-state index in [9.17, 15) is 4.79 Å². The molecule has 1 aliphatic heterocycles. The second kappa shape index (κ2) is 8.06. The maximum atomic E-state index is 12.1. The molecule has 0 aliphatic carbocycles. The van der Waals surface area contributed by atoms with Crippen molar-refractivity contribution in [2.24, 2.45) is 0 Å². The van der Waals surface area contributed by atoms with Crippen molar-refractivity contribution in [1.29, 1.82) is 0 Å². The Morgan fingerprint density at radius 1 is 1.14 bits per heavy atom. The van der Waals surface area contributed by atoms with Crippen LogP contribution in [0.4, 0.5) is 10.5 Å². The number of carbonyl (C=O) groups is 1. The molecule has 2 amide bonds. The highest BCUT2D eigenvalue weighted by Gasteiger charge is 2.21. The smallest absolute Gasteiger partial charge is 0.317 e. The van der Waals surface area contributed by atoms with Crippen molar-refractivity contribution >= 4 is 11.7 Å². The molecule has 0 saturated carbocycles. The summed E-state index contributed by atoms with van der Waals surface area (Å²) in [4.78, 5) is 16.5. The van der Waals surface area contributed by atoms with Crippen LogP contribution >= 0.6 is 0 Å². The fourth-order valence-electron chi connectivity index (χ4n) is 2.91. The molecule has 0 spiro atoms. The predicted molar refractivity (Wildman–Crippen MR) is 92.6 cm³/mol. The molecular weight excluding hydrogens is 274 g/mol. The van der Waals surface area contributed by atoms with E-state index in [1.807, 2.05) is 4.90 Å². The van der Waals surface area contributed by atoms with E-state index in [2.05, 4.69) is 49.2 Å². The first-order valence-corrected chi connectivity index (χ1v) is 8.47. The third-order valence-electron chi connectivity index (χ3n) is 4.54. The number of nitrogens with zero attached hydrogens (tertiary/aromatic N) is 2. The molecule has 0 unspecified atom stereocenters. The molecule has 4 nitrogen and oxygen atoms in total. The van der Waals surface area contributed by atoms with Crippen molar-refractivity contribution in [2.45, 2.75) is 40.0 Å². The van der Waals surface area contributed by atoms with Crippen molar-refractivity contribution in [3.63, 3.8) is 0 Å². The fraction of sp³-hybridized carbons (Fsp3) is 0.611. The lowest BCUT2D eigenvalue weighted by atomic mass is 10.1. The van der Waals surface area contributed by atoms with Crippen molar-refractivity contribution in [3.8, 4) is 0 Å². The molecule has 0 aromatic heterocycles. The number of hydrogen-bond donors (Lipinski definition) is 1. The Kier molecular flexibility index (Phi) is 6.10. The third-order valence-corrected chi connectivity index (χ3v) is 4.54. The molecule has 0 atom stereocenters. The minimum atomic E-state index is 0.0942. The lowest BCUT2D eigenvalue weighted by Crippen LogP contribution is -2.52. The Bertz CT molecular complexity index is 493. The average molecular weight is 303 g/mol. The van der Waals surface area contributed by atoms with Gasteiger partial charge >= 0.3 is 6.03 Å². The highest BCUT2D eigenvalue weighted by Crippen LogP contribution is 2.23. The van der Waals surface area contributed by atoms with E-state index < -0.39 is 0 Å². The van der Waals surface area contributed by atoms with Gasteiger partial charge in [0.05, 0.1) is 0 Å². The molecule has 22 heavy (non-hydrogen) atoms. The Balaban J connectivity index is 1.82. The first-order valence-electron chi connectivity index (χ1n) is 8.47. The van der Waals surface area contributed by atoms with Gasteiger partial charge in [-0.2, -0.15) is 0 Å². The molecular formula is C18H29N3O. The molecule has 1 aromatic rings. The van der Waals surface area contributed by atoms with Gasteiger partial charge in [-0.05, 0) is 37.5 Å². The molecule has 4 heteroatoms. The third kappa shape index (κ3) is 4.15. The minimum absolute atomic E-state index is 0.0942. The van der Waals surface area contributed by atoms with E-state index in [1.165, 1.54) is 29.7 Å². The van der Waals surface area contributed by atoms with E-state index >= 15 is 0 Å². The Morgan fingerprint density at radius 3 is 2.55 bits per heavy atom. The van der Waals surface area contributed by atoms with E-state index in [0.29, 0.717) is 0 Å². The van der Waals surface area contributed by atoms with Crippen LogP contribution in [0, 0.1) is 13.8 Å². The van der Waals surface area contributed by atoms with Gasteiger partial charge in [-0.25, -0.2) is 4.79 Å². The summed E-state index contributed by atoms with van der Waals surface area (Å²) in [5, 5.41) is 3.03. The summed E-state index contributed by atoms with van der Waals surface area (Å²) in [5.74, 6) is 0. The summed E-state index contributed by atoms with van der Waals surface area (Å²) in [6, 6.07) is 6.54. The molecule has 0 bridgehead atoms. The highest BCUT2D eigenvalue weighted by atomic mass is 16.2. The van der Waals surface area contributed by atoms with Gasteiger partial charge in [0.2, 0.25) is 0 Å². The van der Waals surface area contributed by atoms with Crippen LogP contribution in [0.3, 0.4) is 0 Å². The molecule has 122 valence electrons. The fourth-order valence-corrected chi connectivity index (χ4v) is 2.91. The standard InChI is InChI=1S/C18H29N3O/c1-4-5-6-10-19-18(22)21-13-11-20(12-14-21)17-9-7-8-15(2)16(17)3/h7-9H,4-6,10-14H2,1-3H3,(H,19,22). The largest absolute Gasteiger partial charge is 0.368 e. The van der Waals surface area contributed by atoms with Gasteiger partial charge in [-0.15, -0.1) is 0 Å². The Hall–Kier alpha value is -1.71. The van der Waals surface area contributed by atoms with E-state index in [4.69, 9.17) is 0 Å². The number of urea groups is 1.